The highest BCUT2D eigenvalue weighted by atomic mass is 35.5. The van der Waals surface area contributed by atoms with Gasteiger partial charge in [-0.3, -0.25) is 0 Å². The molecule has 112 valence electrons. The molecule has 0 amide bonds. The van der Waals surface area contributed by atoms with Crippen molar-refractivity contribution in [2.45, 2.75) is 26.2 Å². The van der Waals surface area contributed by atoms with E-state index in [2.05, 4.69) is 36.2 Å². The molecule has 0 saturated carbocycles. The number of nitrogens with zero attached hydrogens (tertiary/aromatic N) is 1. The minimum Gasteiger partial charge on any atom is -0.495 e. The molecule has 0 aromatic heterocycles. The van der Waals surface area contributed by atoms with Crippen LogP contribution in [-0.2, 0) is 6.42 Å². The monoisotopic (exact) mass is 296 g/mol. The smallest absolute Gasteiger partial charge is 0.138 e. The normalized spacial score (nSPS) is 16.6. The first kappa shape index (κ1) is 15.6. The molecule has 1 saturated heterocycles. The average Bonchev–Trinajstić information content (AvgIpc) is 2.47. The molecule has 1 fully saturated rings. The van der Waals surface area contributed by atoms with Crippen molar-refractivity contribution < 1.29 is 4.74 Å². The van der Waals surface area contributed by atoms with Crippen molar-refractivity contribution in [2.75, 3.05) is 39.8 Å². The summed E-state index contributed by atoms with van der Waals surface area (Å²) in [7, 11) is 1.69. The number of nitrogens with one attached hydrogen (secondary N) is 1. The highest BCUT2D eigenvalue weighted by Crippen LogP contribution is 2.32. The van der Waals surface area contributed by atoms with Gasteiger partial charge in [0.05, 0.1) is 12.1 Å². The molecule has 0 aliphatic carbocycles. The Kier molecular flexibility index (Phi) is 5.70. The summed E-state index contributed by atoms with van der Waals surface area (Å²) >= 11 is 6.45. The van der Waals surface area contributed by atoms with Crippen LogP contribution in [0.1, 0.15) is 30.9 Å². The van der Waals surface area contributed by atoms with Gasteiger partial charge in [0, 0.05) is 32.7 Å². The lowest BCUT2D eigenvalue weighted by Crippen LogP contribution is -2.44. The summed E-state index contributed by atoms with van der Waals surface area (Å²) in [6, 6.07) is 4.29. The number of rotatable bonds is 5. The van der Waals surface area contributed by atoms with Gasteiger partial charge in [-0.05, 0) is 29.5 Å². The zero-order valence-electron chi connectivity index (χ0n) is 12.7. The maximum atomic E-state index is 6.45. The number of halogens is 1. The molecule has 0 spiro atoms. The predicted molar refractivity (Wildman–Crippen MR) is 85.1 cm³/mol. The number of benzene rings is 1. The molecule has 0 unspecified atom stereocenters. The number of hydrogen-bond acceptors (Lipinski definition) is 3. The molecule has 0 radical (unpaired) electrons. The van der Waals surface area contributed by atoms with E-state index >= 15 is 0 Å². The minimum atomic E-state index is 0.485. The highest BCUT2D eigenvalue weighted by Gasteiger charge is 2.14. The molecule has 3 nitrogen and oxygen atoms in total. The second kappa shape index (κ2) is 7.30. The number of methoxy groups -OCH3 is 1. The zero-order chi connectivity index (χ0) is 14.5. The molecular formula is C16H25ClN2O. The maximum Gasteiger partial charge on any atom is 0.138 e. The fourth-order valence-electron chi connectivity index (χ4n) is 2.56. The molecule has 20 heavy (non-hydrogen) atoms. The largest absolute Gasteiger partial charge is 0.495 e. The van der Waals surface area contributed by atoms with E-state index in [0.717, 1.165) is 49.9 Å². The first-order valence-corrected chi connectivity index (χ1v) is 7.79. The first-order chi connectivity index (χ1) is 9.61. The van der Waals surface area contributed by atoms with E-state index in [9.17, 15) is 0 Å². The van der Waals surface area contributed by atoms with Crippen LogP contribution in [0.3, 0.4) is 0 Å². The van der Waals surface area contributed by atoms with Gasteiger partial charge in [-0.1, -0.05) is 31.5 Å². The molecule has 1 aromatic rings. The lowest BCUT2D eigenvalue weighted by Gasteiger charge is -2.27. The molecule has 1 heterocycles. The van der Waals surface area contributed by atoms with E-state index in [-0.39, 0.29) is 0 Å². The molecule has 2 rings (SSSR count). The van der Waals surface area contributed by atoms with Crippen molar-refractivity contribution in [3.8, 4) is 5.75 Å². The Balaban J connectivity index is 2.10. The van der Waals surface area contributed by atoms with E-state index < -0.39 is 0 Å². The van der Waals surface area contributed by atoms with Crippen LogP contribution in [0.2, 0.25) is 5.02 Å². The van der Waals surface area contributed by atoms with Gasteiger partial charge < -0.3 is 15.0 Å². The summed E-state index contributed by atoms with van der Waals surface area (Å²) in [5.41, 5.74) is 2.50. The van der Waals surface area contributed by atoms with Crippen molar-refractivity contribution in [1.29, 1.82) is 0 Å². The third kappa shape index (κ3) is 3.87. The molecule has 1 aromatic carbocycles. The first-order valence-electron chi connectivity index (χ1n) is 7.41. The van der Waals surface area contributed by atoms with Gasteiger partial charge >= 0.3 is 0 Å². The van der Waals surface area contributed by atoms with Crippen LogP contribution in [0.25, 0.3) is 0 Å². The van der Waals surface area contributed by atoms with Crippen molar-refractivity contribution >= 4 is 11.6 Å². The molecule has 0 atom stereocenters. The van der Waals surface area contributed by atoms with E-state index in [1.54, 1.807) is 7.11 Å². The van der Waals surface area contributed by atoms with Crippen molar-refractivity contribution in [3.05, 3.63) is 28.3 Å². The Morgan fingerprint density at radius 3 is 2.60 bits per heavy atom. The van der Waals surface area contributed by atoms with Gasteiger partial charge in [0.2, 0.25) is 0 Å². The van der Waals surface area contributed by atoms with Crippen LogP contribution in [0.15, 0.2) is 12.1 Å². The Morgan fingerprint density at radius 2 is 2.00 bits per heavy atom. The van der Waals surface area contributed by atoms with Crippen LogP contribution in [0.4, 0.5) is 0 Å². The van der Waals surface area contributed by atoms with Gasteiger partial charge in [-0.25, -0.2) is 0 Å². The van der Waals surface area contributed by atoms with E-state index in [1.165, 1.54) is 11.1 Å². The number of ether oxygens (including phenoxy) is 1. The molecule has 1 aliphatic rings. The molecule has 4 heteroatoms. The Labute approximate surface area is 127 Å². The summed E-state index contributed by atoms with van der Waals surface area (Å²) in [5.74, 6) is 1.28. The van der Waals surface area contributed by atoms with Crippen LogP contribution in [0.5, 0.6) is 5.75 Å². The average molecular weight is 297 g/mol. The Bertz CT molecular complexity index is 442. The summed E-state index contributed by atoms with van der Waals surface area (Å²) in [4.78, 5) is 2.49. The van der Waals surface area contributed by atoms with Gasteiger partial charge in [0.15, 0.2) is 0 Å². The van der Waals surface area contributed by atoms with Gasteiger partial charge in [-0.15, -0.1) is 0 Å². The Morgan fingerprint density at radius 1 is 1.30 bits per heavy atom. The molecular weight excluding hydrogens is 272 g/mol. The van der Waals surface area contributed by atoms with Gasteiger partial charge in [-0.2, -0.15) is 0 Å². The summed E-state index contributed by atoms with van der Waals surface area (Å²) in [6.45, 7) is 9.88. The Hall–Kier alpha value is -0.770. The van der Waals surface area contributed by atoms with Crippen molar-refractivity contribution in [3.63, 3.8) is 0 Å². The second-order valence-corrected chi connectivity index (χ2v) is 6.07. The second-order valence-electron chi connectivity index (χ2n) is 5.69. The summed E-state index contributed by atoms with van der Waals surface area (Å²) < 4.78 is 5.41. The van der Waals surface area contributed by atoms with Crippen LogP contribution in [-0.4, -0.2) is 44.7 Å². The zero-order valence-corrected chi connectivity index (χ0v) is 13.5. The third-order valence-corrected chi connectivity index (χ3v) is 4.36. The predicted octanol–water partition coefficient (Wildman–Crippen LogP) is 2.92. The van der Waals surface area contributed by atoms with E-state index in [1.807, 2.05) is 0 Å². The topological polar surface area (TPSA) is 24.5 Å². The third-order valence-electron chi connectivity index (χ3n) is 3.93. The highest BCUT2D eigenvalue weighted by molar-refractivity contribution is 6.32. The maximum absolute atomic E-state index is 6.45. The van der Waals surface area contributed by atoms with Crippen LogP contribution < -0.4 is 10.1 Å². The molecule has 0 bridgehead atoms. The number of hydrogen-bond donors (Lipinski definition) is 1. The standard InChI is InChI=1S/C16H25ClN2O/c1-12(2)14-10-13(16(17)15(11-14)20-3)4-7-19-8-5-18-6-9-19/h10-12,18H,4-9H2,1-3H3. The quantitative estimate of drug-likeness (QED) is 0.904. The van der Waals surface area contributed by atoms with Crippen LogP contribution in [0, 0.1) is 0 Å². The lowest BCUT2D eigenvalue weighted by atomic mass is 9.99. The summed E-state index contributed by atoms with van der Waals surface area (Å²) in [5, 5.41) is 4.15. The molecule has 1 aliphatic heterocycles. The van der Waals surface area contributed by atoms with Gasteiger partial charge in [0.25, 0.3) is 0 Å². The summed E-state index contributed by atoms with van der Waals surface area (Å²) in [6.07, 6.45) is 0.982. The SMILES string of the molecule is COc1cc(C(C)C)cc(CCN2CCNCC2)c1Cl. The van der Waals surface area contributed by atoms with Crippen molar-refractivity contribution in [2.24, 2.45) is 0 Å². The van der Waals surface area contributed by atoms with Gasteiger partial charge in [0.1, 0.15) is 5.75 Å². The molecule has 1 N–H and O–H groups in total. The van der Waals surface area contributed by atoms with E-state index in [4.69, 9.17) is 16.3 Å². The minimum absolute atomic E-state index is 0.485. The fraction of sp³-hybridized carbons (Fsp3) is 0.625. The lowest BCUT2D eigenvalue weighted by molar-refractivity contribution is 0.244. The van der Waals surface area contributed by atoms with Crippen LogP contribution >= 0.6 is 11.6 Å². The number of piperazine rings is 1. The van der Waals surface area contributed by atoms with E-state index in [0.29, 0.717) is 5.92 Å². The van der Waals surface area contributed by atoms with Crippen molar-refractivity contribution in [1.82, 2.24) is 10.2 Å². The fourth-order valence-corrected chi connectivity index (χ4v) is 2.84.